The molecule has 6 nitrogen and oxygen atoms in total. The lowest BCUT2D eigenvalue weighted by molar-refractivity contribution is -0.117. The monoisotopic (exact) mass is 409 g/mol. The van der Waals surface area contributed by atoms with E-state index in [0.717, 1.165) is 31.7 Å². The molecule has 0 radical (unpaired) electrons. The Bertz CT molecular complexity index is 951. The summed E-state index contributed by atoms with van der Waals surface area (Å²) in [6, 6.07) is 19.9. The number of nitrogens with one attached hydrogen (secondary N) is 1. The number of hydrogen-bond acceptors (Lipinski definition) is 4. The fourth-order valence-electron chi connectivity index (χ4n) is 3.56. The van der Waals surface area contributed by atoms with Gasteiger partial charge in [-0.25, -0.2) is 4.68 Å². The van der Waals surface area contributed by atoms with E-state index in [1.54, 1.807) is 10.9 Å². The minimum absolute atomic E-state index is 0.0222. The Morgan fingerprint density at radius 3 is 2.55 bits per heavy atom. The van der Waals surface area contributed by atoms with Crippen molar-refractivity contribution in [2.75, 3.05) is 42.9 Å². The van der Waals surface area contributed by atoms with Crippen molar-refractivity contribution in [3.8, 4) is 0 Å². The van der Waals surface area contributed by atoms with Gasteiger partial charge in [0.15, 0.2) is 0 Å². The van der Waals surface area contributed by atoms with Gasteiger partial charge in [0.05, 0.1) is 19.3 Å². The van der Waals surface area contributed by atoms with Crippen molar-refractivity contribution in [2.24, 2.45) is 0 Å². The minimum atomic E-state index is -0.0222. The molecule has 0 unspecified atom stereocenters. The molecular formula is C22H24ClN5O. The quantitative estimate of drug-likeness (QED) is 0.678. The minimum Gasteiger partial charge on any atom is -0.369 e. The predicted molar refractivity (Wildman–Crippen MR) is 117 cm³/mol. The Morgan fingerprint density at radius 1 is 1.00 bits per heavy atom. The summed E-state index contributed by atoms with van der Waals surface area (Å²) < 4.78 is 1.77. The number of amides is 1. The maximum Gasteiger partial charge on any atom is 0.239 e. The Kier molecular flexibility index (Phi) is 6.12. The first-order valence-corrected chi connectivity index (χ1v) is 10.1. The summed E-state index contributed by atoms with van der Waals surface area (Å²) in [5.74, 6) is 0.670. The molecule has 0 aliphatic carbocycles. The molecule has 7 heteroatoms. The van der Waals surface area contributed by atoms with Gasteiger partial charge in [0.1, 0.15) is 5.82 Å². The third-order valence-corrected chi connectivity index (χ3v) is 5.30. The molecule has 1 aromatic heterocycles. The molecule has 1 fully saturated rings. The summed E-state index contributed by atoms with van der Waals surface area (Å²) in [4.78, 5) is 17.1. The number of benzene rings is 2. The second-order valence-electron chi connectivity index (χ2n) is 7.15. The standard InChI is InChI=1S/C22H24ClN5O/c23-19-6-4-5-18(15-19)16-28-21(9-10-24-28)25-22(29)17-26-11-13-27(14-12-26)20-7-2-1-3-8-20/h1-10,15H,11-14,16-17H2,(H,25,29). The molecule has 1 aliphatic heterocycles. The van der Waals surface area contributed by atoms with E-state index < -0.39 is 0 Å². The van der Waals surface area contributed by atoms with Gasteiger partial charge in [0, 0.05) is 43.0 Å². The van der Waals surface area contributed by atoms with Gasteiger partial charge in [-0.1, -0.05) is 41.9 Å². The molecular weight excluding hydrogens is 386 g/mol. The number of halogens is 1. The second-order valence-corrected chi connectivity index (χ2v) is 7.59. The van der Waals surface area contributed by atoms with Crippen molar-refractivity contribution in [3.05, 3.63) is 77.4 Å². The van der Waals surface area contributed by atoms with E-state index in [9.17, 15) is 4.79 Å². The molecule has 2 heterocycles. The first kappa shape index (κ1) is 19.5. The van der Waals surface area contributed by atoms with Crippen molar-refractivity contribution in [3.63, 3.8) is 0 Å². The van der Waals surface area contributed by atoms with Crippen molar-refractivity contribution in [1.82, 2.24) is 14.7 Å². The number of nitrogens with zero attached hydrogens (tertiary/aromatic N) is 4. The van der Waals surface area contributed by atoms with Crippen LogP contribution in [-0.4, -0.2) is 53.3 Å². The van der Waals surface area contributed by atoms with Crippen LogP contribution in [0.3, 0.4) is 0 Å². The number of piperazine rings is 1. The lowest BCUT2D eigenvalue weighted by atomic mass is 10.2. The fraction of sp³-hybridized carbons (Fsp3) is 0.273. The van der Waals surface area contributed by atoms with Crippen LogP contribution in [0.2, 0.25) is 5.02 Å². The molecule has 1 N–H and O–H groups in total. The number of hydrogen-bond donors (Lipinski definition) is 1. The van der Waals surface area contributed by atoms with Crippen molar-refractivity contribution in [1.29, 1.82) is 0 Å². The number of carbonyl (C=O) groups is 1. The van der Waals surface area contributed by atoms with Gasteiger partial charge in [-0.2, -0.15) is 5.10 Å². The van der Waals surface area contributed by atoms with Gasteiger partial charge < -0.3 is 10.2 Å². The van der Waals surface area contributed by atoms with Gasteiger partial charge >= 0.3 is 0 Å². The molecule has 2 aromatic carbocycles. The van der Waals surface area contributed by atoms with Gasteiger partial charge in [-0.3, -0.25) is 9.69 Å². The average Bonchev–Trinajstić information content (AvgIpc) is 3.15. The molecule has 0 atom stereocenters. The lowest BCUT2D eigenvalue weighted by Gasteiger charge is -2.35. The van der Waals surface area contributed by atoms with Crippen LogP contribution in [0.4, 0.5) is 11.5 Å². The van der Waals surface area contributed by atoms with E-state index in [1.165, 1.54) is 5.69 Å². The topological polar surface area (TPSA) is 53.4 Å². The van der Waals surface area contributed by atoms with Crippen molar-refractivity contribution < 1.29 is 4.79 Å². The van der Waals surface area contributed by atoms with Crippen LogP contribution in [0.1, 0.15) is 5.56 Å². The second kappa shape index (κ2) is 9.11. The number of rotatable bonds is 6. The van der Waals surface area contributed by atoms with Gasteiger partial charge in [-0.15, -0.1) is 0 Å². The molecule has 29 heavy (non-hydrogen) atoms. The van der Waals surface area contributed by atoms with Crippen LogP contribution in [0, 0.1) is 0 Å². The molecule has 0 saturated carbocycles. The first-order chi connectivity index (χ1) is 14.2. The highest BCUT2D eigenvalue weighted by atomic mass is 35.5. The fourth-order valence-corrected chi connectivity index (χ4v) is 3.77. The molecule has 3 aromatic rings. The summed E-state index contributed by atoms with van der Waals surface area (Å²) in [5.41, 5.74) is 2.27. The Labute approximate surface area is 175 Å². The third-order valence-electron chi connectivity index (χ3n) is 5.07. The lowest BCUT2D eigenvalue weighted by Crippen LogP contribution is -2.48. The van der Waals surface area contributed by atoms with Crippen LogP contribution in [0.5, 0.6) is 0 Å². The van der Waals surface area contributed by atoms with Crippen LogP contribution in [-0.2, 0) is 11.3 Å². The molecule has 1 aliphatic rings. The zero-order valence-corrected chi connectivity index (χ0v) is 16.9. The average molecular weight is 410 g/mol. The molecule has 0 spiro atoms. The third kappa shape index (κ3) is 5.16. The Morgan fingerprint density at radius 2 is 1.79 bits per heavy atom. The van der Waals surface area contributed by atoms with Crippen molar-refractivity contribution in [2.45, 2.75) is 6.54 Å². The smallest absolute Gasteiger partial charge is 0.239 e. The largest absolute Gasteiger partial charge is 0.369 e. The van der Waals surface area contributed by atoms with Gasteiger partial charge in [0.2, 0.25) is 5.91 Å². The molecule has 0 bridgehead atoms. The Hall–Kier alpha value is -2.83. The van der Waals surface area contributed by atoms with Crippen LogP contribution < -0.4 is 10.2 Å². The van der Waals surface area contributed by atoms with Crippen molar-refractivity contribution >= 4 is 29.0 Å². The molecule has 4 rings (SSSR count). The van der Waals surface area contributed by atoms with Gasteiger partial charge in [0.25, 0.3) is 0 Å². The predicted octanol–water partition coefficient (Wildman–Crippen LogP) is 3.35. The first-order valence-electron chi connectivity index (χ1n) is 9.76. The van der Waals surface area contributed by atoms with Crippen LogP contribution in [0.15, 0.2) is 66.9 Å². The highest BCUT2D eigenvalue weighted by molar-refractivity contribution is 6.30. The summed E-state index contributed by atoms with van der Waals surface area (Å²) in [6.45, 7) is 4.51. The summed E-state index contributed by atoms with van der Waals surface area (Å²) >= 11 is 6.06. The van der Waals surface area contributed by atoms with Gasteiger partial charge in [-0.05, 0) is 29.8 Å². The molecule has 150 valence electrons. The maximum absolute atomic E-state index is 12.6. The SMILES string of the molecule is O=C(CN1CCN(c2ccccc2)CC1)Nc1ccnn1Cc1cccc(Cl)c1. The summed E-state index contributed by atoms with van der Waals surface area (Å²) in [6.07, 6.45) is 1.69. The number of carbonyl (C=O) groups excluding carboxylic acids is 1. The van der Waals surface area contributed by atoms with Crippen LogP contribution >= 0.6 is 11.6 Å². The van der Waals surface area contributed by atoms with E-state index in [1.807, 2.05) is 36.4 Å². The highest BCUT2D eigenvalue weighted by Gasteiger charge is 2.19. The maximum atomic E-state index is 12.6. The van der Waals surface area contributed by atoms with E-state index in [2.05, 4.69) is 44.5 Å². The summed E-state index contributed by atoms with van der Waals surface area (Å²) in [7, 11) is 0. The Balaban J connectivity index is 1.29. The van der Waals surface area contributed by atoms with E-state index in [0.29, 0.717) is 23.9 Å². The number of aromatic nitrogens is 2. The number of para-hydroxylation sites is 1. The number of anilines is 2. The zero-order chi connectivity index (χ0) is 20.1. The normalized spacial score (nSPS) is 14.7. The zero-order valence-electron chi connectivity index (χ0n) is 16.2. The molecule has 1 saturated heterocycles. The molecule has 1 amide bonds. The van der Waals surface area contributed by atoms with E-state index in [4.69, 9.17) is 11.6 Å². The van der Waals surface area contributed by atoms with E-state index in [-0.39, 0.29) is 5.91 Å². The van der Waals surface area contributed by atoms with Crippen LogP contribution in [0.25, 0.3) is 0 Å². The summed E-state index contributed by atoms with van der Waals surface area (Å²) in [5, 5.41) is 8.00. The highest BCUT2D eigenvalue weighted by Crippen LogP contribution is 2.16. The van der Waals surface area contributed by atoms with E-state index >= 15 is 0 Å².